The number of carbonyl (C=O) groups excluding carboxylic acids is 3. The molecule has 3 aromatic rings. The number of amidine groups is 2. The molecular weight excluding hydrogens is 537 g/mol. The smallest absolute Gasteiger partial charge is 0.259 e. The van der Waals surface area contributed by atoms with Crippen LogP contribution in [0.5, 0.6) is 11.5 Å². The Balaban J connectivity index is 1.12. The molecule has 2 N–H and O–H groups in total. The molecule has 3 amide bonds. The van der Waals surface area contributed by atoms with E-state index in [2.05, 4.69) is 20.6 Å². The van der Waals surface area contributed by atoms with Crippen LogP contribution in [0.2, 0.25) is 0 Å². The first kappa shape index (κ1) is 25.6. The van der Waals surface area contributed by atoms with E-state index in [1.807, 2.05) is 24.3 Å². The summed E-state index contributed by atoms with van der Waals surface area (Å²) in [6.45, 7) is 0.419. The highest BCUT2D eigenvalue weighted by Gasteiger charge is 2.42. The predicted molar refractivity (Wildman–Crippen MR) is 147 cm³/mol. The van der Waals surface area contributed by atoms with Crippen LogP contribution < -0.4 is 20.1 Å². The minimum atomic E-state index is -0.934. The Kier molecular flexibility index (Phi) is 6.91. The second-order valence-electron chi connectivity index (χ2n) is 9.07. The van der Waals surface area contributed by atoms with Crippen LogP contribution in [0.25, 0.3) is 0 Å². The normalized spacial score (nSPS) is 16.6. The molecule has 10 nitrogen and oxygen atoms in total. The molecule has 0 spiro atoms. The number of hydrogen-bond donors (Lipinski definition) is 2. The van der Waals surface area contributed by atoms with Gasteiger partial charge in [-0.2, -0.15) is 0 Å². The number of ether oxygens (including phenoxy) is 2. The van der Waals surface area contributed by atoms with E-state index < -0.39 is 17.8 Å². The van der Waals surface area contributed by atoms with E-state index in [0.29, 0.717) is 39.4 Å². The molecule has 0 fully saturated rings. The number of benzene rings is 3. The van der Waals surface area contributed by atoms with Crippen LogP contribution in [0, 0.1) is 5.82 Å². The van der Waals surface area contributed by atoms with Crippen molar-refractivity contribution in [2.75, 3.05) is 17.9 Å². The van der Waals surface area contributed by atoms with Crippen molar-refractivity contribution < 1.29 is 28.2 Å². The number of para-hydroxylation sites is 1. The zero-order valence-electron chi connectivity index (χ0n) is 20.9. The Morgan fingerprint density at radius 3 is 2.67 bits per heavy atom. The Bertz CT molecular complexity index is 1580. The van der Waals surface area contributed by atoms with Crippen LogP contribution in [-0.2, 0) is 20.9 Å². The Morgan fingerprint density at radius 1 is 1.02 bits per heavy atom. The first-order valence-corrected chi connectivity index (χ1v) is 13.4. The number of rotatable bonds is 7. The van der Waals surface area contributed by atoms with Gasteiger partial charge in [0.25, 0.3) is 5.91 Å². The summed E-state index contributed by atoms with van der Waals surface area (Å²) >= 11 is 1.08. The molecule has 1 atom stereocenters. The van der Waals surface area contributed by atoms with Gasteiger partial charge in [0.1, 0.15) is 17.7 Å². The number of aliphatic imine (C=N–C) groups is 2. The van der Waals surface area contributed by atoms with Gasteiger partial charge < -0.3 is 20.1 Å². The van der Waals surface area contributed by atoms with E-state index in [-0.39, 0.29) is 37.3 Å². The highest BCUT2D eigenvalue weighted by molar-refractivity contribution is 8.14. The van der Waals surface area contributed by atoms with E-state index in [4.69, 9.17) is 9.47 Å². The Morgan fingerprint density at radius 2 is 1.82 bits per heavy atom. The maximum absolute atomic E-state index is 13.4. The Labute approximate surface area is 232 Å². The summed E-state index contributed by atoms with van der Waals surface area (Å²) in [5.74, 6) is 0.145. The van der Waals surface area contributed by atoms with Crippen LogP contribution in [-0.4, -0.2) is 52.2 Å². The number of hydrogen-bond acceptors (Lipinski definition) is 8. The molecule has 0 unspecified atom stereocenters. The van der Waals surface area contributed by atoms with E-state index in [1.54, 1.807) is 18.2 Å². The molecule has 12 heteroatoms. The second kappa shape index (κ2) is 10.8. The molecule has 6 rings (SSSR count). The molecule has 0 aromatic heterocycles. The lowest BCUT2D eigenvalue weighted by Crippen LogP contribution is -2.42. The van der Waals surface area contributed by atoms with Crippen LogP contribution in [0.1, 0.15) is 17.5 Å². The lowest BCUT2D eigenvalue weighted by molar-refractivity contribution is -0.128. The summed E-state index contributed by atoms with van der Waals surface area (Å²) < 4.78 is 23.8. The van der Waals surface area contributed by atoms with Crippen molar-refractivity contribution in [1.29, 1.82) is 0 Å². The van der Waals surface area contributed by atoms with Crippen molar-refractivity contribution in [2.24, 2.45) is 9.98 Å². The third-order valence-electron chi connectivity index (χ3n) is 6.31. The number of anilines is 1. The van der Waals surface area contributed by atoms with E-state index >= 15 is 0 Å². The number of halogens is 1. The first-order valence-electron chi connectivity index (χ1n) is 12.4. The summed E-state index contributed by atoms with van der Waals surface area (Å²) in [5, 5.41) is 5.81. The third kappa shape index (κ3) is 5.25. The number of nitrogens with one attached hydrogen (secondary N) is 2. The number of fused-ring (bicyclic) bond motifs is 4. The van der Waals surface area contributed by atoms with E-state index in [1.165, 1.54) is 29.2 Å². The molecule has 0 saturated carbocycles. The SMILES string of the molecule is O=C(C[C@H]1N=C2c3ccccc3N=C(SCC(=O)Nc3ccc(F)cc3)N2C1=O)NCc1ccc2c(c1)OCO2. The van der Waals surface area contributed by atoms with Crippen LogP contribution in [0.3, 0.4) is 0 Å². The van der Waals surface area contributed by atoms with Gasteiger partial charge in [0.15, 0.2) is 16.7 Å². The molecule has 0 aliphatic carbocycles. The van der Waals surface area contributed by atoms with Crippen LogP contribution in [0.15, 0.2) is 76.7 Å². The third-order valence-corrected chi connectivity index (χ3v) is 7.25. The number of carbonyl (C=O) groups is 3. The van der Waals surface area contributed by atoms with Gasteiger partial charge in [-0.3, -0.25) is 19.4 Å². The molecule has 40 heavy (non-hydrogen) atoms. The molecule has 0 bridgehead atoms. The van der Waals surface area contributed by atoms with E-state index in [9.17, 15) is 18.8 Å². The van der Waals surface area contributed by atoms with Gasteiger partial charge in [-0.25, -0.2) is 14.3 Å². The minimum Gasteiger partial charge on any atom is -0.454 e. The molecule has 0 saturated heterocycles. The largest absolute Gasteiger partial charge is 0.454 e. The summed E-state index contributed by atoms with van der Waals surface area (Å²) in [6, 6.07) is 17.1. The van der Waals surface area contributed by atoms with Crippen LogP contribution in [0.4, 0.5) is 15.8 Å². The number of nitrogens with zero attached hydrogens (tertiary/aromatic N) is 3. The zero-order valence-corrected chi connectivity index (χ0v) is 21.7. The lowest BCUT2D eigenvalue weighted by Gasteiger charge is -2.25. The fourth-order valence-corrected chi connectivity index (χ4v) is 5.19. The van der Waals surface area contributed by atoms with E-state index in [0.717, 1.165) is 17.3 Å². The fraction of sp³-hybridized carbons (Fsp3) is 0.179. The summed E-state index contributed by atoms with van der Waals surface area (Å²) in [5.41, 5.74) is 2.56. The highest BCUT2D eigenvalue weighted by atomic mass is 32.2. The van der Waals surface area contributed by atoms with Gasteiger partial charge in [-0.1, -0.05) is 30.0 Å². The number of thioether (sulfide) groups is 1. The second-order valence-corrected chi connectivity index (χ2v) is 10.0. The van der Waals surface area contributed by atoms with Gasteiger partial charge in [-0.15, -0.1) is 0 Å². The van der Waals surface area contributed by atoms with Crippen molar-refractivity contribution in [3.8, 4) is 11.5 Å². The van der Waals surface area contributed by atoms with Gasteiger partial charge in [0, 0.05) is 17.8 Å². The Hall–Kier alpha value is -4.71. The summed E-state index contributed by atoms with van der Waals surface area (Å²) in [6.07, 6.45) is -0.144. The van der Waals surface area contributed by atoms with Crippen molar-refractivity contribution in [2.45, 2.75) is 19.0 Å². The topological polar surface area (TPSA) is 122 Å². The summed E-state index contributed by atoms with van der Waals surface area (Å²) in [4.78, 5) is 49.3. The van der Waals surface area contributed by atoms with Crippen molar-refractivity contribution in [1.82, 2.24) is 10.2 Å². The average Bonchev–Trinajstić information content (AvgIpc) is 3.56. The number of amides is 3. The van der Waals surface area contributed by atoms with Gasteiger partial charge >= 0.3 is 0 Å². The quantitative estimate of drug-likeness (QED) is 0.456. The molecule has 3 aliphatic rings. The maximum Gasteiger partial charge on any atom is 0.259 e. The summed E-state index contributed by atoms with van der Waals surface area (Å²) in [7, 11) is 0. The van der Waals surface area contributed by atoms with Crippen molar-refractivity contribution in [3.05, 3.63) is 83.7 Å². The van der Waals surface area contributed by atoms with Crippen molar-refractivity contribution >= 4 is 51.9 Å². The predicted octanol–water partition coefficient (Wildman–Crippen LogP) is 3.59. The molecule has 3 heterocycles. The fourth-order valence-electron chi connectivity index (χ4n) is 4.39. The van der Waals surface area contributed by atoms with Crippen molar-refractivity contribution in [3.63, 3.8) is 0 Å². The van der Waals surface area contributed by atoms with Gasteiger partial charge in [0.2, 0.25) is 18.6 Å². The minimum absolute atomic E-state index is 0.0455. The van der Waals surface area contributed by atoms with Gasteiger partial charge in [-0.05, 0) is 54.1 Å². The first-order chi connectivity index (χ1) is 19.4. The maximum atomic E-state index is 13.4. The van der Waals surface area contributed by atoms with Crippen LogP contribution >= 0.6 is 11.8 Å². The molecule has 0 radical (unpaired) electrons. The van der Waals surface area contributed by atoms with Gasteiger partial charge in [0.05, 0.1) is 17.9 Å². The zero-order chi connectivity index (χ0) is 27.6. The molecular formula is C28H22FN5O5S. The highest BCUT2D eigenvalue weighted by Crippen LogP contribution is 2.34. The average molecular weight is 560 g/mol. The molecule has 3 aromatic carbocycles. The monoisotopic (exact) mass is 559 g/mol. The molecule has 202 valence electrons. The molecule has 3 aliphatic heterocycles. The lowest BCUT2D eigenvalue weighted by atomic mass is 10.1. The standard InChI is InChI=1S/C28H22FN5O5S/c29-17-6-8-18(9-7-17)31-25(36)14-40-28-33-20-4-2-1-3-19(20)26-32-21(27(37)34(26)28)12-24(35)30-13-16-5-10-22-23(11-16)39-15-38-22/h1-11,21H,12-15H2,(H,30,35)(H,31,36)/t21-/m1/s1.